The minimum Gasteiger partial charge on any atom is -0.314 e. The van der Waals surface area contributed by atoms with Gasteiger partial charge in [0.25, 0.3) is 35.4 Å². The van der Waals surface area contributed by atoms with E-state index in [1.807, 2.05) is 7.05 Å². The second-order valence-electron chi connectivity index (χ2n) is 34.9. The van der Waals surface area contributed by atoms with Crippen molar-refractivity contribution in [1.82, 2.24) is 118 Å². The molecule has 18 amide bonds. The van der Waals surface area contributed by atoms with Crippen molar-refractivity contribution < 1.29 is 116 Å². The van der Waals surface area contributed by atoms with E-state index in [9.17, 15) is 57.5 Å². The minimum absolute atomic E-state index is 0.0139. The SMILES string of the molecule is CCCCCONC(=O)[C@@H]1CC[C@@H]2CN1C(=O)N2OC.CON1C(=O)N2C[C@H]1CC[C@H]2C(=O)NOCC1CN(C)C1.CON1C(=O)N2C[C@H]1CC[C@H]2C(=O)NOC[C@@H]1CCCCN1C.CON1C(=O)N2C[C@H]1CC[C@H]2C(=O)NOC[C@@H]1CCN1.CON1C(=O)N2C[C@H]1CC[C@H]2C(=O)NOC[C@H]1CCCN1C.CON1C(=O)N2C[C@H]1CC[C@H]2C(=O)NO[C@H]1CCNC1. The lowest BCUT2D eigenvalue weighted by Crippen LogP contribution is -2.51. The number of urea groups is 6. The number of fused-ring (bicyclic) bond motifs is 12. The summed E-state index contributed by atoms with van der Waals surface area (Å²) in [5.41, 5.74) is 15.0. The maximum atomic E-state index is 12.3. The number of carbonyl (C=O) groups excluding carboxylic acids is 12. The lowest BCUT2D eigenvalue weighted by atomic mass is 10.0. The van der Waals surface area contributed by atoms with Crippen LogP contribution in [0.1, 0.15) is 148 Å². The monoisotopic (exact) mass is 1790 g/mol. The fraction of sp³-hybridized carbons (Fsp3) is 0.848. The van der Waals surface area contributed by atoms with E-state index in [4.69, 9.17) is 58.1 Å². The molecule has 47 heteroatoms. The van der Waals surface area contributed by atoms with Gasteiger partial charge >= 0.3 is 36.2 Å². The Morgan fingerprint density at radius 3 is 0.960 bits per heavy atom. The van der Waals surface area contributed by atoms with Gasteiger partial charge in [-0.05, 0) is 169 Å². The van der Waals surface area contributed by atoms with Gasteiger partial charge in [0, 0.05) is 82.9 Å². The Kier molecular flexibility index (Phi) is 35.6. The standard InChI is InChI=1S/C15H26N4O4.C14H24N4O4.C13H22N4O4.C13H23N3O4.2C12H20N4O4/c1-17-8-4-3-5-12(17)10-23-16-14(20)13-7-6-11-9-18(13)15(21)19(11)22-2;1-16-7-3-4-11(16)9-22-15-13(19)12-6-5-10-8-17(12)14(20)18(10)21-2;1-15-5-9(6-15)8-21-14-12(18)11-4-3-10-7-16(11)13(19)17(10)20-2;1-3-4-5-8-20-14-12(17)11-7-6-10-9-15(11)13(18)16(10)19-2;1-19-16-9-2-3-10(15(6-9)12(16)18)11(17)14-20-7-8-4-5-13-8;1-19-16-8-2-3-10(15(7-8)12(16)18)11(17)14-20-9-4-5-13-6-9/h11-13H,3-10H2,1-2H3,(H,16,20);10-12H,3-9H2,1-2H3,(H,15,19);9-11H,3-8H2,1-2H3,(H,14,18);10-11H,3-9H2,1-2H3,(H,14,17);2*8-10,13H,2-7H2,1H3,(H,14,17)/t11-,12+,13+;10-,11-,12+;2*10-,11+;8-,9+,10-;8-,9+,10+/m111101/s1. The summed E-state index contributed by atoms with van der Waals surface area (Å²) in [6.45, 7) is 14.6. The van der Waals surface area contributed by atoms with Gasteiger partial charge in [0.05, 0.1) is 118 Å². The third kappa shape index (κ3) is 23.3. The number of rotatable bonds is 31. The van der Waals surface area contributed by atoms with Crippen LogP contribution in [0.25, 0.3) is 0 Å². The third-order valence-corrected chi connectivity index (χ3v) is 26.8. The molecule has 0 aromatic carbocycles. The second-order valence-corrected chi connectivity index (χ2v) is 34.9. The summed E-state index contributed by atoms with van der Waals surface area (Å²) >= 11 is 0. The minimum atomic E-state index is -0.469. The molecule has 17 rings (SSSR count). The number of likely N-dealkylation sites (tertiary alicyclic amines) is 3. The molecule has 126 heavy (non-hydrogen) atoms. The first-order chi connectivity index (χ1) is 60.9. The molecule has 17 aliphatic rings. The third-order valence-electron chi connectivity index (χ3n) is 26.8. The van der Waals surface area contributed by atoms with E-state index in [0.29, 0.717) is 135 Å². The van der Waals surface area contributed by atoms with Gasteiger partial charge in [-0.15, -0.1) is 0 Å². The fourth-order valence-corrected chi connectivity index (χ4v) is 19.5. The van der Waals surface area contributed by atoms with E-state index in [-0.39, 0.29) is 114 Å². The Labute approximate surface area is 735 Å². The summed E-state index contributed by atoms with van der Waals surface area (Å²) in [4.78, 5) is 224. The summed E-state index contributed by atoms with van der Waals surface area (Å²) in [7, 11) is 15.1. The van der Waals surface area contributed by atoms with Gasteiger partial charge in [-0.25, -0.2) is 61.6 Å². The van der Waals surface area contributed by atoms with Crippen molar-refractivity contribution in [2.45, 2.75) is 245 Å². The Morgan fingerprint density at radius 2 is 0.667 bits per heavy atom. The van der Waals surface area contributed by atoms with E-state index in [2.05, 4.69) is 79.2 Å². The van der Waals surface area contributed by atoms with Crippen LogP contribution in [0.3, 0.4) is 0 Å². The summed E-state index contributed by atoms with van der Waals surface area (Å²) in [5, 5.41) is 14.5. The number of amides is 18. The van der Waals surface area contributed by atoms with Crippen LogP contribution in [0.2, 0.25) is 0 Å². The maximum Gasteiger partial charge on any atom is 0.345 e. The number of piperidine rings is 7. The van der Waals surface area contributed by atoms with Gasteiger partial charge < -0.3 is 54.7 Å². The molecule has 17 saturated heterocycles. The van der Waals surface area contributed by atoms with Crippen molar-refractivity contribution in [3.05, 3.63) is 0 Å². The van der Waals surface area contributed by atoms with Gasteiger partial charge in [0.15, 0.2) is 0 Å². The predicted molar refractivity (Wildman–Crippen MR) is 440 cm³/mol. The molecule has 17 fully saturated rings. The lowest BCUT2D eigenvalue weighted by Gasteiger charge is -2.35. The number of hydroxylamine groups is 18. The first-order valence-electron chi connectivity index (χ1n) is 44.8. The molecule has 47 nitrogen and oxygen atoms in total. The van der Waals surface area contributed by atoms with Crippen LogP contribution in [0.5, 0.6) is 0 Å². The molecule has 12 bridgehead atoms. The van der Waals surface area contributed by atoms with E-state index in [0.717, 1.165) is 136 Å². The zero-order chi connectivity index (χ0) is 89.8. The highest BCUT2D eigenvalue weighted by atomic mass is 16.7. The number of likely N-dealkylation sites (N-methyl/N-ethyl adjacent to an activating group) is 2. The molecule has 0 aromatic rings. The fourth-order valence-electron chi connectivity index (χ4n) is 19.5. The van der Waals surface area contributed by atoms with Gasteiger partial charge in [0.1, 0.15) is 36.3 Å². The van der Waals surface area contributed by atoms with Crippen LogP contribution >= 0.6 is 0 Å². The predicted octanol–water partition coefficient (Wildman–Crippen LogP) is -0.761. The van der Waals surface area contributed by atoms with Crippen molar-refractivity contribution in [2.24, 2.45) is 5.92 Å². The van der Waals surface area contributed by atoms with Crippen LogP contribution in [0.4, 0.5) is 28.8 Å². The quantitative estimate of drug-likeness (QED) is 0.0312. The lowest BCUT2D eigenvalue weighted by molar-refractivity contribution is -0.143. The van der Waals surface area contributed by atoms with Gasteiger partial charge in [-0.2, -0.15) is 30.4 Å². The normalized spacial score (nSPS) is 30.6. The van der Waals surface area contributed by atoms with Gasteiger partial charge in [-0.3, -0.25) is 86.8 Å². The zero-order valence-electron chi connectivity index (χ0n) is 74.6. The Bertz CT molecular complexity index is 3670. The number of hydrogen-bond acceptors (Lipinski definition) is 29. The van der Waals surface area contributed by atoms with E-state index in [1.165, 1.54) is 85.9 Å². The summed E-state index contributed by atoms with van der Waals surface area (Å²) < 4.78 is 0. The first-order valence-corrected chi connectivity index (χ1v) is 44.8. The van der Waals surface area contributed by atoms with Crippen molar-refractivity contribution in [3.8, 4) is 0 Å². The molecule has 0 radical (unpaired) electrons. The van der Waals surface area contributed by atoms with Crippen molar-refractivity contribution in [1.29, 1.82) is 0 Å². The largest absolute Gasteiger partial charge is 0.345 e. The smallest absolute Gasteiger partial charge is 0.314 e. The number of unbranched alkanes of at least 4 members (excludes halogenated alkanes) is 2. The van der Waals surface area contributed by atoms with Crippen LogP contribution < -0.4 is 43.5 Å². The van der Waals surface area contributed by atoms with E-state index < -0.39 is 36.3 Å². The molecule has 16 atom stereocenters. The van der Waals surface area contributed by atoms with E-state index >= 15 is 0 Å². The zero-order valence-corrected chi connectivity index (χ0v) is 74.6. The highest BCUT2D eigenvalue weighted by Gasteiger charge is 2.54. The Balaban J connectivity index is 0.000000138. The molecule has 17 aliphatic heterocycles. The molecular formula is C79H135N23O24. The maximum absolute atomic E-state index is 12.3. The summed E-state index contributed by atoms with van der Waals surface area (Å²) in [6.07, 6.45) is 19.2. The number of hydrogen-bond donors (Lipinski definition) is 8. The first kappa shape index (κ1) is 96.8. The average Bonchev–Trinajstić information content (AvgIpc) is 1.66. The molecule has 0 spiro atoms. The van der Waals surface area contributed by atoms with E-state index in [1.54, 1.807) is 29.4 Å². The second kappa shape index (κ2) is 46.3. The molecule has 0 aliphatic carbocycles. The van der Waals surface area contributed by atoms with Crippen molar-refractivity contribution in [2.75, 3.05) is 182 Å². The number of nitrogens with one attached hydrogen (secondary N) is 8. The van der Waals surface area contributed by atoms with Crippen LogP contribution in [-0.2, 0) is 86.8 Å². The van der Waals surface area contributed by atoms with Crippen molar-refractivity contribution >= 4 is 71.6 Å². The Hall–Kier alpha value is -8.24. The molecule has 17 heterocycles. The summed E-state index contributed by atoms with van der Waals surface area (Å²) in [5.74, 6) is -1.00. The van der Waals surface area contributed by atoms with Gasteiger partial charge in [-0.1, -0.05) is 26.2 Å². The Morgan fingerprint density at radius 1 is 0.349 bits per heavy atom. The van der Waals surface area contributed by atoms with Gasteiger partial charge in [0.2, 0.25) is 0 Å². The average molecular weight is 1790 g/mol. The molecule has 8 N–H and O–H groups in total. The molecule has 710 valence electrons. The summed E-state index contributed by atoms with van der Waals surface area (Å²) in [6, 6.07) is -2.86. The highest BCUT2D eigenvalue weighted by Crippen LogP contribution is 2.36. The van der Waals surface area contributed by atoms with Crippen molar-refractivity contribution in [3.63, 3.8) is 0 Å². The topological polar surface area (TPSA) is 460 Å². The number of nitrogens with zero attached hydrogens (tertiary/aromatic N) is 15. The number of carbonyl (C=O) groups is 12. The molecule has 0 saturated carbocycles. The molecular weight excluding hydrogens is 1660 g/mol. The van der Waals surface area contributed by atoms with Crippen LogP contribution in [-0.4, -0.2) is 425 Å². The molecule has 0 unspecified atom stereocenters. The van der Waals surface area contributed by atoms with Crippen LogP contribution in [0, 0.1) is 5.92 Å². The highest BCUT2D eigenvalue weighted by molar-refractivity contribution is 5.92. The van der Waals surface area contributed by atoms with Crippen LogP contribution in [0.15, 0.2) is 0 Å². The molecule has 0 aromatic heterocycles.